The van der Waals surface area contributed by atoms with Gasteiger partial charge in [0.1, 0.15) is 25.3 Å². The van der Waals surface area contributed by atoms with Crippen molar-refractivity contribution < 1.29 is 14.4 Å². The number of nitriles is 1. The SMILES string of the molecule is C[C@@H]1C[NH+]([C@@H](C)C(=O)Nc2ccc(C#N)cc2)C[C@H](C)O1. The molecule has 112 valence electrons. The smallest absolute Gasteiger partial charge is 0.282 e. The summed E-state index contributed by atoms with van der Waals surface area (Å²) in [7, 11) is 0. The largest absolute Gasteiger partial charge is 0.364 e. The molecule has 2 N–H and O–H groups in total. The van der Waals surface area contributed by atoms with E-state index in [4.69, 9.17) is 10.00 Å². The lowest BCUT2D eigenvalue weighted by Crippen LogP contribution is -3.19. The molecule has 1 aromatic carbocycles. The first-order valence-electron chi connectivity index (χ1n) is 7.30. The topological polar surface area (TPSA) is 66.6 Å². The molecule has 1 heterocycles. The Morgan fingerprint density at radius 2 is 1.90 bits per heavy atom. The Kier molecular flexibility index (Phi) is 4.94. The van der Waals surface area contributed by atoms with Gasteiger partial charge >= 0.3 is 0 Å². The van der Waals surface area contributed by atoms with Gasteiger partial charge in [0.2, 0.25) is 0 Å². The summed E-state index contributed by atoms with van der Waals surface area (Å²) in [5.74, 6) is -0.00370. The molecule has 0 bridgehead atoms. The molecule has 0 aliphatic carbocycles. The number of nitrogens with zero attached hydrogens (tertiary/aromatic N) is 1. The van der Waals surface area contributed by atoms with Crippen LogP contribution in [0, 0.1) is 11.3 Å². The van der Waals surface area contributed by atoms with Crippen LogP contribution in [-0.4, -0.2) is 37.2 Å². The van der Waals surface area contributed by atoms with Gasteiger partial charge in [0.25, 0.3) is 5.91 Å². The third-order valence-electron chi connectivity index (χ3n) is 3.85. The van der Waals surface area contributed by atoms with Crippen LogP contribution in [0.3, 0.4) is 0 Å². The van der Waals surface area contributed by atoms with Gasteiger partial charge in [-0.15, -0.1) is 0 Å². The molecular formula is C16H22N3O2+. The minimum Gasteiger partial charge on any atom is -0.364 e. The van der Waals surface area contributed by atoms with Crippen molar-refractivity contribution in [3.05, 3.63) is 29.8 Å². The summed E-state index contributed by atoms with van der Waals surface area (Å²) in [6, 6.07) is 8.84. The number of hydrogen-bond acceptors (Lipinski definition) is 3. The lowest BCUT2D eigenvalue weighted by Gasteiger charge is -2.35. The Bertz CT molecular complexity index is 525. The lowest BCUT2D eigenvalue weighted by atomic mass is 10.1. The first-order valence-corrected chi connectivity index (χ1v) is 7.30. The van der Waals surface area contributed by atoms with Crippen LogP contribution < -0.4 is 10.2 Å². The van der Waals surface area contributed by atoms with Gasteiger partial charge in [-0.3, -0.25) is 4.79 Å². The molecule has 5 nitrogen and oxygen atoms in total. The van der Waals surface area contributed by atoms with E-state index in [9.17, 15) is 4.79 Å². The minimum absolute atomic E-state index is 0.00370. The van der Waals surface area contributed by atoms with Crippen molar-refractivity contribution in [1.29, 1.82) is 5.26 Å². The zero-order valence-corrected chi connectivity index (χ0v) is 12.7. The van der Waals surface area contributed by atoms with Gasteiger partial charge in [-0.25, -0.2) is 0 Å². The van der Waals surface area contributed by atoms with Crippen LogP contribution in [0.2, 0.25) is 0 Å². The second kappa shape index (κ2) is 6.70. The molecule has 1 amide bonds. The van der Waals surface area contributed by atoms with Crippen molar-refractivity contribution in [2.75, 3.05) is 18.4 Å². The van der Waals surface area contributed by atoms with Crippen LogP contribution in [0.4, 0.5) is 5.69 Å². The third-order valence-corrected chi connectivity index (χ3v) is 3.85. The summed E-state index contributed by atoms with van der Waals surface area (Å²) in [5.41, 5.74) is 1.31. The Balaban J connectivity index is 1.97. The molecule has 1 unspecified atom stereocenters. The van der Waals surface area contributed by atoms with Crippen LogP contribution >= 0.6 is 0 Å². The predicted octanol–water partition coefficient (Wildman–Crippen LogP) is 0.577. The standard InChI is InChI=1S/C16H21N3O2/c1-11-9-19(10-12(2)21-11)13(3)16(20)18-15-6-4-14(8-17)5-7-15/h4-7,11-13H,9-10H2,1-3H3,(H,18,20)/p+1/t11-,12+,13-/m0/s1. The van der Waals surface area contributed by atoms with Gasteiger partial charge in [-0.05, 0) is 45.0 Å². The van der Waals surface area contributed by atoms with Gasteiger partial charge < -0.3 is 15.0 Å². The van der Waals surface area contributed by atoms with E-state index in [0.29, 0.717) is 5.56 Å². The van der Waals surface area contributed by atoms with Crippen LogP contribution in [0.15, 0.2) is 24.3 Å². The molecule has 1 aliphatic heterocycles. The van der Waals surface area contributed by atoms with E-state index >= 15 is 0 Å². The predicted molar refractivity (Wildman–Crippen MR) is 80.0 cm³/mol. The molecule has 0 saturated carbocycles. The number of carbonyl (C=O) groups excluding carboxylic acids is 1. The number of amides is 1. The lowest BCUT2D eigenvalue weighted by molar-refractivity contribution is -0.928. The fourth-order valence-corrected chi connectivity index (χ4v) is 2.73. The molecular weight excluding hydrogens is 266 g/mol. The van der Waals surface area contributed by atoms with E-state index in [1.54, 1.807) is 24.3 Å². The number of carbonyl (C=O) groups is 1. The van der Waals surface area contributed by atoms with Crippen LogP contribution in [-0.2, 0) is 9.53 Å². The first-order chi connectivity index (χ1) is 9.99. The fraction of sp³-hybridized carbons (Fsp3) is 0.500. The number of quaternary nitrogens is 1. The molecule has 0 aromatic heterocycles. The van der Waals surface area contributed by atoms with E-state index < -0.39 is 0 Å². The Labute approximate surface area is 125 Å². The third kappa shape index (κ3) is 4.03. The Morgan fingerprint density at radius 3 is 2.43 bits per heavy atom. The highest BCUT2D eigenvalue weighted by molar-refractivity contribution is 5.93. The van der Waals surface area contributed by atoms with Gasteiger partial charge in [-0.2, -0.15) is 5.26 Å². The maximum Gasteiger partial charge on any atom is 0.282 e. The maximum absolute atomic E-state index is 12.3. The molecule has 0 radical (unpaired) electrons. The highest BCUT2D eigenvalue weighted by Crippen LogP contribution is 2.09. The second-order valence-electron chi connectivity index (χ2n) is 5.72. The highest BCUT2D eigenvalue weighted by atomic mass is 16.5. The number of anilines is 1. The monoisotopic (exact) mass is 288 g/mol. The Hall–Kier alpha value is -1.90. The zero-order valence-electron chi connectivity index (χ0n) is 12.7. The molecule has 1 fully saturated rings. The molecule has 1 saturated heterocycles. The fourth-order valence-electron chi connectivity index (χ4n) is 2.73. The van der Waals surface area contributed by atoms with Gasteiger partial charge in [-0.1, -0.05) is 0 Å². The van der Waals surface area contributed by atoms with E-state index in [0.717, 1.165) is 18.8 Å². The summed E-state index contributed by atoms with van der Waals surface area (Å²) in [6.45, 7) is 7.71. The molecule has 0 spiro atoms. The van der Waals surface area contributed by atoms with E-state index in [2.05, 4.69) is 11.4 Å². The van der Waals surface area contributed by atoms with E-state index in [1.165, 1.54) is 4.90 Å². The van der Waals surface area contributed by atoms with E-state index in [1.807, 2.05) is 20.8 Å². The highest BCUT2D eigenvalue weighted by Gasteiger charge is 2.32. The van der Waals surface area contributed by atoms with Crippen LogP contribution in [0.5, 0.6) is 0 Å². The average Bonchev–Trinajstić information content (AvgIpc) is 2.46. The van der Waals surface area contributed by atoms with Crippen LogP contribution in [0.25, 0.3) is 0 Å². The molecule has 5 heteroatoms. The Morgan fingerprint density at radius 1 is 1.33 bits per heavy atom. The summed E-state index contributed by atoms with van der Waals surface area (Å²) in [4.78, 5) is 13.6. The van der Waals surface area contributed by atoms with Crippen LogP contribution in [0.1, 0.15) is 26.3 Å². The molecule has 21 heavy (non-hydrogen) atoms. The minimum atomic E-state index is -0.130. The van der Waals surface area contributed by atoms with Crippen molar-refractivity contribution in [2.24, 2.45) is 0 Å². The van der Waals surface area contributed by atoms with Crippen molar-refractivity contribution in [3.63, 3.8) is 0 Å². The first kappa shape index (κ1) is 15.5. The number of morpholine rings is 1. The van der Waals surface area contributed by atoms with Crippen molar-refractivity contribution in [2.45, 2.75) is 39.0 Å². The van der Waals surface area contributed by atoms with Crippen molar-refractivity contribution in [1.82, 2.24) is 0 Å². The van der Waals surface area contributed by atoms with Gasteiger partial charge in [0.15, 0.2) is 6.04 Å². The summed E-state index contributed by atoms with van der Waals surface area (Å²) < 4.78 is 5.71. The quantitative estimate of drug-likeness (QED) is 0.855. The average molecular weight is 288 g/mol. The molecule has 2 rings (SSSR count). The molecule has 4 atom stereocenters. The number of hydrogen-bond donors (Lipinski definition) is 2. The number of ether oxygens (including phenoxy) is 1. The van der Waals surface area contributed by atoms with Gasteiger partial charge in [0, 0.05) is 5.69 Å². The zero-order chi connectivity index (χ0) is 15.4. The molecule has 1 aliphatic rings. The maximum atomic E-state index is 12.3. The number of rotatable bonds is 3. The van der Waals surface area contributed by atoms with Crippen molar-refractivity contribution in [3.8, 4) is 6.07 Å². The number of benzene rings is 1. The summed E-state index contributed by atoms with van der Waals surface area (Å²) in [5, 5.41) is 11.7. The number of nitrogens with one attached hydrogen (secondary N) is 2. The molecule has 1 aromatic rings. The van der Waals surface area contributed by atoms with Crippen molar-refractivity contribution >= 4 is 11.6 Å². The van der Waals surface area contributed by atoms with E-state index in [-0.39, 0.29) is 24.2 Å². The summed E-state index contributed by atoms with van der Waals surface area (Å²) >= 11 is 0. The normalized spacial score (nSPS) is 26.7. The summed E-state index contributed by atoms with van der Waals surface area (Å²) in [6.07, 6.45) is 0.350. The van der Waals surface area contributed by atoms with Gasteiger partial charge in [0.05, 0.1) is 11.6 Å². The second-order valence-corrected chi connectivity index (χ2v) is 5.72.